The quantitative estimate of drug-likeness (QED) is 0.421. The van der Waals surface area contributed by atoms with E-state index < -0.39 is 11.7 Å². The summed E-state index contributed by atoms with van der Waals surface area (Å²) in [7, 11) is 0. The standard InChI is InChI=1S/C25H21FN4OS/c1-15-11-17(12-18(13-27)24(31)29-20-9-7-19(26)8-10-20)16(2)30(15)25-22(14-28)21-5-3-4-6-23(21)32-25/h7-12H,3-6H2,1-2H3,(H,29,31)/b18-12+. The van der Waals surface area contributed by atoms with E-state index >= 15 is 0 Å². The summed E-state index contributed by atoms with van der Waals surface area (Å²) in [5.74, 6) is -0.966. The Bertz CT molecular complexity index is 1320. The fourth-order valence-corrected chi connectivity index (χ4v) is 5.56. The van der Waals surface area contributed by atoms with Crippen LogP contribution >= 0.6 is 11.3 Å². The number of carbonyl (C=O) groups is 1. The van der Waals surface area contributed by atoms with Gasteiger partial charge in [0.15, 0.2) is 0 Å². The Labute approximate surface area is 190 Å². The molecule has 160 valence electrons. The van der Waals surface area contributed by atoms with Gasteiger partial charge in [0.1, 0.15) is 28.5 Å². The van der Waals surface area contributed by atoms with Crippen LogP contribution < -0.4 is 5.32 Å². The molecule has 1 aliphatic carbocycles. The lowest BCUT2D eigenvalue weighted by atomic mass is 9.96. The van der Waals surface area contributed by atoms with Crippen molar-refractivity contribution in [2.75, 3.05) is 5.32 Å². The summed E-state index contributed by atoms with van der Waals surface area (Å²) in [4.78, 5) is 13.9. The molecular weight excluding hydrogens is 423 g/mol. The molecule has 0 fully saturated rings. The molecule has 0 spiro atoms. The SMILES string of the molecule is Cc1cc(/C=C(\C#N)C(=O)Nc2ccc(F)cc2)c(C)n1-c1sc2c(c1C#N)CCCC2. The molecule has 0 saturated heterocycles. The number of hydrogen-bond donors (Lipinski definition) is 1. The number of nitriles is 2. The lowest BCUT2D eigenvalue weighted by Gasteiger charge is -2.10. The van der Waals surface area contributed by atoms with Crippen LogP contribution in [0.5, 0.6) is 0 Å². The van der Waals surface area contributed by atoms with Gasteiger partial charge in [0.2, 0.25) is 0 Å². The van der Waals surface area contributed by atoms with Gasteiger partial charge in [0.25, 0.3) is 5.91 Å². The molecule has 32 heavy (non-hydrogen) atoms. The number of nitrogens with zero attached hydrogens (tertiary/aromatic N) is 3. The van der Waals surface area contributed by atoms with Gasteiger partial charge in [-0.05, 0) is 87.1 Å². The van der Waals surface area contributed by atoms with Crippen molar-refractivity contribution in [2.24, 2.45) is 0 Å². The lowest BCUT2D eigenvalue weighted by Crippen LogP contribution is -2.13. The third-order valence-electron chi connectivity index (χ3n) is 5.70. The Morgan fingerprint density at radius 2 is 1.91 bits per heavy atom. The van der Waals surface area contributed by atoms with Gasteiger partial charge in [-0.25, -0.2) is 4.39 Å². The third kappa shape index (κ3) is 3.95. The number of fused-ring (bicyclic) bond motifs is 1. The molecule has 0 bridgehead atoms. The largest absolute Gasteiger partial charge is 0.321 e. The first kappa shape index (κ1) is 21.5. The van der Waals surface area contributed by atoms with Crippen molar-refractivity contribution in [3.05, 3.63) is 74.7 Å². The Kier molecular flexibility index (Phi) is 5.94. The highest BCUT2D eigenvalue weighted by atomic mass is 32.1. The summed E-state index contributed by atoms with van der Waals surface area (Å²) in [5, 5.41) is 22.9. The minimum atomic E-state index is -0.562. The first-order valence-electron chi connectivity index (χ1n) is 10.4. The monoisotopic (exact) mass is 444 g/mol. The van der Waals surface area contributed by atoms with Crippen LogP contribution in [0, 0.1) is 42.3 Å². The van der Waals surface area contributed by atoms with Gasteiger partial charge in [-0.2, -0.15) is 10.5 Å². The van der Waals surface area contributed by atoms with Crippen LogP contribution in [0.25, 0.3) is 11.1 Å². The molecule has 0 radical (unpaired) electrons. The van der Waals surface area contributed by atoms with Crippen molar-refractivity contribution in [2.45, 2.75) is 39.5 Å². The summed E-state index contributed by atoms with van der Waals surface area (Å²) in [5.41, 5.74) is 4.78. The van der Waals surface area contributed by atoms with Gasteiger partial charge in [-0.3, -0.25) is 4.79 Å². The molecule has 1 aliphatic rings. The van der Waals surface area contributed by atoms with Gasteiger partial charge in [0, 0.05) is 22.0 Å². The molecule has 4 rings (SSSR count). The van der Waals surface area contributed by atoms with Gasteiger partial charge >= 0.3 is 0 Å². The highest BCUT2D eigenvalue weighted by molar-refractivity contribution is 7.15. The normalized spacial score (nSPS) is 13.2. The molecular formula is C25H21FN4OS. The predicted octanol–water partition coefficient (Wildman–Crippen LogP) is 5.59. The molecule has 0 atom stereocenters. The number of hydrogen-bond acceptors (Lipinski definition) is 4. The smallest absolute Gasteiger partial charge is 0.266 e. The maximum atomic E-state index is 13.1. The van der Waals surface area contributed by atoms with E-state index in [-0.39, 0.29) is 5.57 Å². The highest BCUT2D eigenvalue weighted by Crippen LogP contribution is 2.38. The van der Waals surface area contributed by atoms with E-state index in [0.717, 1.165) is 53.2 Å². The maximum absolute atomic E-state index is 13.1. The van der Waals surface area contributed by atoms with Gasteiger partial charge in [-0.1, -0.05) is 0 Å². The van der Waals surface area contributed by atoms with Crippen molar-refractivity contribution < 1.29 is 9.18 Å². The van der Waals surface area contributed by atoms with Crippen LogP contribution in [0.1, 0.15) is 45.8 Å². The number of nitrogens with one attached hydrogen (secondary N) is 1. The van der Waals surface area contributed by atoms with Crippen LogP contribution in [-0.2, 0) is 17.6 Å². The molecule has 1 aromatic carbocycles. The molecule has 3 aromatic rings. The number of amides is 1. The molecule has 0 aliphatic heterocycles. The molecule has 2 heterocycles. The van der Waals surface area contributed by atoms with E-state index in [1.165, 1.54) is 34.7 Å². The van der Waals surface area contributed by atoms with E-state index in [1.54, 1.807) is 17.4 Å². The van der Waals surface area contributed by atoms with Crippen molar-refractivity contribution >= 4 is 29.0 Å². The molecule has 2 aromatic heterocycles. The van der Waals surface area contributed by atoms with Crippen LogP contribution in [-0.4, -0.2) is 10.5 Å². The predicted molar refractivity (Wildman–Crippen MR) is 123 cm³/mol. The van der Waals surface area contributed by atoms with Crippen LogP contribution in [0.15, 0.2) is 35.9 Å². The van der Waals surface area contributed by atoms with Crippen LogP contribution in [0.4, 0.5) is 10.1 Å². The first-order chi connectivity index (χ1) is 15.4. The summed E-state index contributed by atoms with van der Waals surface area (Å²) in [6.45, 7) is 3.88. The topological polar surface area (TPSA) is 81.6 Å². The van der Waals surface area contributed by atoms with E-state index in [2.05, 4.69) is 11.4 Å². The summed E-state index contributed by atoms with van der Waals surface area (Å²) in [6.07, 6.45) is 5.73. The first-order valence-corrected chi connectivity index (χ1v) is 11.2. The van der Waals surface area contributed by atoms with Crippen LogP contribution in [0.2, 0.25) is 0 Å². The summed E-state index contributed by atoms with van der Waals surface area (Å²) >= 11 is 1.66. The Hall–Kier alpha value is -3.68. The maximum Gasteiger partial charge on any atom is 0.266 e. The number of benzene rings is 1. The van der Waals surface area contributed by atoms with E-state index in [4.69, 9.17) is 0 Å². The lowest BCUT2D eigenvalue weighted by molar-refractivity contribution is -0.112. The van der Waals surface area contributed by atoms with Crippen LogP contribution in [0.3, 0.4) is 0 Å². The number of carbonyl (C=O) groups excluding carboxylic acids is 1. The Morgan fingerprint density at radius 3 is 2.59 bits per heavy atom. The minimum Gasteiger partial charge on any atom is -0.321 e. The number of anilines is 1. The average molecular weight is 445 g/mol. The number of aryl methyl sites for hydroxylation is 2. The fraction of sp³-hybridized carbons (Fsp3) is 0.240. The second kappa shape index (κ2) is 8.82. The minimum absolute atomic E-state index is 0.0550. The molecule has 5 nitrogen and oxygen atoms in total. The van der Waals surface area contributed by atoms with Crippen molar-refractivity contribution in [1.29, 1.82) is 10.5 Å². The Morgan fingerprint density at radius 1 is 1.19 bits per heavy atom. The molecule has 1 N–H and O–H groups in total. The van der Waals surface area contributed by atoms with Gasteiger partial charge in [-0.15, -0.1) is 11.3 Å². The number of halogens is 1. The average Bonchev–Trinajstić information content (AvgIpc) is 3.28. The van der Waals surface area contributed by atoms with Gasteiger partial charge < -0.3 is 9.88 Å². The molecule has 1 amide bonds. The summed E-state index contributed by atoms with van der Waals surface area (Å²) < 4.78 is 15.1. The van der Waals surface area contributed by atoms with E-state index in [1.807, 2.05) is 30.6 Å². The zero-order valence-electron chi connectivity index (χ0n) is 17.8. The molecule has 7 heteroatoms. The van der Waals surface area contributed by atoms with E-state index in [9.17, 15) is 19.7 Å². The zero-order chi connectivity index (χ0) is 22.8. The number of thiophene rings is 1. The fourth-order valence-electron chi connectivity index (χ4n) is 4.11. The van der Waals surface area contributed by atoms with Crippen molar-refractivity contribution in [1.82, 2.24) is 4.57 Å². The number of aromatic nitrogens is 1. The van der Waals surface area contributed by atoms with Crippen molar-refractivity contribution in [3.63, 3.8) is 0 Å². The zero-order valence-corrected chi connectivity index (χ0v) is 18.6. The molecule has 0 saturated carbocycles. The third-order valence-corrected chi connectivity index (χ3v) is 6.98. The highest BCUT2D eigenvalue weighted by Gasteiger charge is 2.24. The second-order valence-electron chi connectivity index (χ2n) is 7.80. The number of rotatable bonds is 4. The molecule has 0 unspecified atom stereocenters. The van der Waals surface area contributed by atoms with Gasteiger partial charge in [0.05, 0.1) is 5.56 Å². The summed E-state index contributed by atoms with van der Waals surface area (Å²) in [6, 6.07) is 11.6. The van der Waals surface area contributed by atoms with E-state index in [0.29, 0.717) is 5.69 Å². The van der Waals surface area contributed by atoms with Crippen molar-refractivity contribution in [3.8, 4) is 17.1 Å². The Balaban J connectivity index is 1.70. The second-order valence-corrected chi connectivity index (χ2v) is 8.88.